The first kappa shape index (κ1) is 17.5. The Bertz CT molecular complexity index is 1130. The quantitative estimate of drug-likeness (QED) is 0.362. The van der Waals surface area contributed by atoms with E-state index in [2.05, 4.69) is 82.3 Å². The van der Waals surface area contributed by atoms with Crippen LogP contribution in [0.4, 0.5) is 0 Å². The van der Waals surface area contributed by atoms with Crippen LogP contribution in [0.3, 0.4) is 0 Å². The van der Waals surface area contributed by atoms with Crippen LogP contribution >= 0.6 is 0 Å². The second-order valence-corrected chi connectivity index (χ2v) is 8.46. The molecule has 0 bridgehead atoms. The Morgan fingerprint density at radius 1 is 0.893 bits per heavy atom. The second-order valence-electron chi connectivity index (χ2n) is 8.46. The number of fused-ring (bicyclic) bond motifs is 4. The van der Waals surface area contributed by atoms with Crippen LogP contribution in [0.15, 0.2) is 48.5 Å². The number of allylic oxidation sites excluding steroid dienone is 1. The molecule has 0 heteroatoms. The van der Waals surface area contributed by atoms with Crippen molar-refractivity contribution in [3.8, 4) is 11.1 Å². The fourth-order valence-electron chi connectivity index (χ4n) is 5.36. The molecule has 0 aromatic heterocycles. The Morgan fingerprint density at radius 3 is 2.50 bits per heavy atom. The van der Waals surface area contributed by atoms with Crippen LogP contribution in [-0.4, -0.2) is 0 Å². The zero-order chi connectivity index (χ0) is 19.4. The third kappa shape index (κ3) is 2.51. The van der Waals surface area contributed by atoms with E-state index in [0.717, 1.165) is 19.3 Å². The van der Waals surface area contributed by atoms with Crippen LogP contribution in [0.2, 0.25) is 0 Å². The Kier molecular flexibility index (Phi) is 4.05. The van der Waals surface area contributed by atoms with Crippen LogP contribution in [0, 0.1) is 13.8 Å². The highest BCUT2D eigenvalue weighted by Gasteiger charge is 2.29. The highest BCUT2D eigenvalue weighted by atomic mass is 14.3. The molecular weight excluding hydrogens is 336 g/mol. The Labute approximate surface area is 168 Å². The van der Waals surface area contributed by atoms with Gasteiger partial charge in [0.15, 0.2) is 0 Å². The summed E-state index contributed by atoms with van der Waals surface area (Å²) in [6.07, 6.45) is 8.06. The molecule has 1 atom stereocenters. The van der Waals surface area contributed by atoms with Crippen molar-refractivity contribution < 1.29 is 0 Å². The number of hydrogen-bond acceptors (Lipinski definition) is 0. The molecule has 3 aromatic rings. The van der Waals surface area contributed by atoms with E-state index in [9.17, 15) is 0 Å². The maximum absolute atomic E-state index is 2.44. The van der Waals surface area contributed by atoms with Crippen molar-refractivity contribution in [3.63, 3.8) is 0 Å². The van der Waals surface area contributed by atoms with Gasteiger partial charge in [-0.3, -0.25) is 0 Å². The first-order valence-electron chi connectivity index (χ1n) is 10.7. The van der Waals surface area contributed by atoms with E-state index in [1.165, 1.54) is 50.1 Å². The van der Waals surface area contributed by atoms with Gasteiger partial charge in [-0.1, -0.05) is 74.0 Å². The van der Waals surface area contributed by atoms with Gasteiger partial charge in [-0.15, -0.1) is 0 Å². The molecule has 0 saturated heterocycles. The average Bonchev–Trinajstić information content (AvgIpc) is 3.27. The molecule has 2 aliphatic carbocycles. The Morgan fingerprint density at radius 2 is 1.71 bits per heavy atom. The number of benzene rings is 3. The standard InChI is InChI=1S/C28H28/c1-5-19-7-9-23-21(15-19)16-27-24(23)10-8-20(6-2)28(27)25-12-11-22-18(4)13-17(3)14-26(22)25/h7-15,25H,5-6,16H2,1-4H3. The smallest absolute Gasteiger partial charge is 0.0284 e. The molecule has 0 N–H and O–H groups in total. The fraction of sp³-hybridized carbons (Fsp3) is 0.286. The van der Waals surface area contributed by atoms with Crippen LogP contribution in [0.5, 0.6) is 0 Å². The van der Waals surface area contributed by atoms with Gasteiger partial charge < -0.3 is 0 Å². The summed E-state index contributed by atoms with van der Waals surface area (Å²) in [6, 6.07) is 16.5. The van der Waals surface area contributed by atoms with Gasteiger partial charge in [-0.05, 0) is 88.7 Å². The summed E-state index contributed by atoms with van der Waals surface area (Å²) in [5, 5.41) is 0. The monoisotopic (exact) mass is 364 g/mol. The lowest BCUT2D eigenvalue weighted by Gasteiger charge is -2.21. The summed E-state index contributed by atoms with van der Waals surface area (Å²) in [5.41, 5.74) is 16.2. The topological polar surface area (TPSA) is 0 Å². The molecular formula is C28H28. The zero-order valence-electron chi connectivity index (χ0n) is 17.4. The van der Waals surface area contributed by atoms with Crippen molar-refractivity contribution in [2.75, 3.05) is 0 Å². The summed E-state index contributed by atoms with van der Waals surface area (Å²) >= 11 is 0. The third-order valence-corrected chi connectivity index (χ3v) is 6.73. The van der Waals surface area contributed by atoms with E-state index in [4.69, 9.17) is 0 Å². The largest absolute Gasteiger partial charge is 0.0720 e. The number of rotatable bonds is 3. The highest BCUT2D eigenvalue weighted by Crippen LogP contribution is 2.46. The van der Waals surface area contributed by atoms with Gasteiger partial charge in [0.2, 0.25) is 0 Å². The first-order valence-corrected chi connectivity index (χ1v) is 10.7. The normalized spacial score (nSPS) is 16.2. The molecule has 0 aliphatic heterocycles. The van der Waals surface area contributed by atoms with Crippen molar-refractivity contribution >= 4 is 6.08 Å². The van der Waals surface area contributed by atoms with Crippen LogP contribution in [0.25, 0.3) is 17.2 Å². The van der Waals surface area contributed by atoms with Crippen molar-refractivity contribution in [2.24, 2.45) is 0 Å². The van der Waals surface area contributed by atoms with Gasteiger partial charge in [0.25, 0.3) is 0 Å². The molecule has 0 amide bonds. The molecule has 0 fully saturated rings. The maximum Gasteiger partial charge on any atom is 0.0284 e. The van der Waals surface area contributed by atoms with Gasteiger partial charge in [-0.25, -0.2) is 0 Å². The zero-order valence-corrected chi connectivity index (χ0v) is 17.4. The van der Waals surface area contributed by atoms with Crippen molar-refractivity contribution in [1.29, 1.82) is 0 Å². The van der Waals surface area contributed by atoms with Gasteiger partial charge in [-0.2, -0.15) is 0 Å². The Balaban J connectivity index is 1.71. The lowest BCUT2D eigenvalue weighted by atomic mass is 9.82. The lowest BCUT2D eigenvalue weighted by molar-refractivity contribution is 0.958. The predicted molar refractivity (Wildman–Crippen MR) is 120 cm³/mol. The lowest BCUT2D eigenvalue weighted by Crippen LogP contribution is -2.06. The van der Waals surface area contributed by atoms with Gasteiger partial charge in [0.1, 0.15) is 0 Å². The molecule has 2 aliphatic rings. The van der Waals surface area contributed by atoms with Crippen molar-refractivity contribution in [2.45, 2.75) is 52.9 Å². The first-order chi connectivity index (χ1) is 13.6. The SMILES string of the molecule is CCc1ccc2c(c1)Cc1c-2ccc(CC)c1C1C=Cc2c(C)cc(C)cc21. The Hall–Kier alpha value is -2.60. The van der Waals surface area contributed by atoms with E-state index in [1.807, 2.05) is 0 Å². The molecule has 3 aromatic carbocycles. The number of hydrogen-bond donors (Lipinski definition) is 0. The average molecular weight is 365 g/mol. The van der Waals surface area contributed by atoms with Crippen LogP contribution < -0.4 is 0 Å². The summed E-state index contributed by atoms with van der Waals surface area (Å²) in [6.45, 7) is 9.01. The maximum atomic E-state index is 2.44. The summed E-state index contributed by atoms with van der Waals surface area (Å²) < 4.78 is 0. The van der Waals surface area contributed by atoms with E-state index in [0.29, 0.717) is 5.92 Å². The summed E-state index contributed by atoms with van der Waals surface area (Å²) in [7, 11) is 0. The molecule has 1 unspecified atom stereocenters. The second kappa shape index (κ2) is 6.48. The minimum atomic E-state index is 0.387. The minimum absolute atomic E-state index is 0.387. The molecule has 0 heterocycles. The van der Waals surface area contributed by atoms with E-state index >= 15 is 0 Å². The van der Waals surface area contributed by atoms with E-state index in [1.54, 1.807) is 11.1 Å². The molecule has 0 radical (unpaired) electrons. The molecule has 0 nitrogen and oxygen atoms in total. The van der Waals surface area contributed by atoms with Crippen LogP contribution in [-0.2, 0) is 19.3 Å². The fourth-order valence-corrected chi connectivity index (χ4v) is 5.36. The van der Waals surface area contributed by atoms with E-state index < -0.39 is 0 Å². The minimum Gasteiger partial charge on any atom is -0.0720 e. The van der Waals surface area contributed by atoms with Crippen molar-refractivity contribution in [3.05, 3.63) is 98.6 Å². The van der Waals surface area contributed by atoms with Crippen molar-refractivity contribution in [1.82, 2.24) is 0 Å². The molecule has 0 spiro atoms. The van der Waals surface area contributed by atoms with Gasteiger partial charge in [0, 0.05) is 5.92 Å². The van der Waals surface area contributed by atoms with Crippen LogP contribution in [0.1, 0.15) is 69.8 Å². The predicted octanol–water partition coefficient (Wildman–Crippen LogP) is 7.16. The molecule has 0 saturated carbocycles. The molecule has 5 rings (SSSR count). The third-order valence-electron chi connectivity index (χ3n) is 6.73. The summed E-state index contributed by atoms with van der Waals surface area (Å²) in [5.74, 6) is 0.387. The number of aryl methyl sites for hydroxylation is 4. The molecule has 140 valence electrons. The van der Waals surface area contributed by atoms with Gasteiger partial charge >= 0.3 is 0 Å². The molecule has 28 heavy (non-hydrogen) atoms. The highest BCUT2D eigenvalue weighted by molar-refractivity contribution is 5.81. The van der Waals surface area contributed by atoms with E-state index in [-0.39, 0.29) is 0 Å². The van der Waals surface area contributed by atoms with Gasteiger partial charge in [0.05, 0.1) is 0 Å². The summed E-state index contributed by atoms with van der Waals surface area (Å²) in [4.78, 5) is 0.